The molecule has 3 nitrogen and oxygen atoms in total. The summed E-state index contributed by atoms with van der Waals surface area (Å²) in [6.07, 6.45) is -0.201. The molecule has 0 aliphatic carbocycles. The highest BCUT2D eigenvalue weighted by Gasteiger charge is 2.44. The molecule has 1 fully saturated rings. The Bertz CT molecular complexity index is 394. The van der Waals surface area contributed by atoms with Crippen molar-refractivity contribution in [3.05, 3.63) is 30.3 Å². The van der Waals surface area contributed by atoms with E-state index in [9.17, 15) is 5.21 Å². The zero-order valence-corrected chi connectivity index (χ0v) is 10.8. The lowest BCUT2D eigenvalue weighted by atomic mass is 10.1. The minimum Gasteiger partial charge on any atom is -0.315 e. The first-order chi connectivity index (χ1) is 7.56. The molecule has 1 atom stereocenters. The molecule has 16 heavy (non-hydrogen) atoms. The predicted molar refractivity (Wildman–Crippen MR) is 71.9 cm³/mol. The van der Waals surface area contributed by atoms with Gasteiger partial charge in [-0.1, -0.05) is 42.2 Å². The summed E-state index contributed by atoms with van der Waals surface area (Å²) in [5.41, 5.74) is 3.35. The Morgan fingerprint density at radius 2 is 2.00 bits per heavy atom. The predicted octanol–water partition coefficient (Wildman–Crippen LogP) is 2.61. The SMILES string of the molecule is CC1(C)SC(=S)N(c2ccccc2)[C@H]1NO. The summed E-state index contributed by atoms with van der Waals surface area (Å²) in [6.45, 7) is 4.11. The Hall–Kier alpha value is -0.620. The lowest BCUT2D eigenvalue weighted by Gasteiger charge is -2.30. The van der Waals surface area contributed by atoms with Crippen LogP contribution in [0.2, 0.25) is 0 Å². The van der Waals surface area contributed by atoms with Crippen LogP contribution in [0.5, 0.6) is 0 Å². The van der Waals surface area contributed by atoms with Crippen LogP contribution in [0.15, 0.2) is 30.3 Å². The third kappa shape index (κ3) is 1.96. The Kier molecular flexibility index (Phi) is 3.21. The normalized spacial score (nSPS) is 23.8. The third-order valence-electron chi connectivity index (χ3n) is 2.62. The maximum Gasteiger partial charge on any atom is 0.142 e. The summed E-state index contributed by atoms with van der Waals surface area (Å²) in [7, 11) is 0. The number of nitrogens with zero attached hydrogens (tertiary/aromatic N) is 1. The van der Waals surface area contributed by atoms with Gasteiger partial charge in [0.25, 0.3) is 0 Å². The van der Waals surface area contributed by atoms with Gasteiger partial charge in [0, 0.05) is 5.69 Å². The number of hydrogen-bond donors (Lipinski definition) is 2. The molecule has 1 aromatic carbocycles. The Morgan fingerprint density at radius 3 is 2.56 bits per heavy atom. The van der Waals surface area contributed by atoms with Gasteiger partial charge in [0.2, 0.25) is 0 Å². The molecule has 1 saturated heterocycles. The molecule has 1 aliphatic rings. The van der Waals surface area contributed by atoms with Gasteiger partial charge >= 0.3 is 0 Å². The molecule has 0 saturated carbocycles. The second-order valence-corrected chi connectivity index (χ2v) is 6.50. The molecule has 0 amide bonds. The number of rotatable bonds is 2. The van der Waals surface area contributed by atoms with Crippen molar-refractivity contribution in [3.8, 4) is 0 Å². The number of hydroxylamine groups is 1. The smallest absolute Gasteiger partial charge is 0.142 e. The summed E-state index contributed by atoms with van der Waals surface area (Å²) < 4.78 is 0.629. The van der Waals surface area contributed by atoms with Crippen LogP contribution in [0, 0.1) is 0 Å². The summed E-state index contributed by atoms with van der Waals surface area (Å²) >= 11 is 6.95. The van der Waals surface area contributed by atoms with Gasteiger partial charge in [-0.2, -0.15) is 5.48 Å². The van der Waals surface area contributed by atoms with E-state index in [0.29, 0.717) is 0 Å². The first-order valence-corrected chi connectivity index (χ1v) is 6.25. The minimum atomic E-state index is -0.201. The van der Waals surface area contributed by atoms with Crippen molar-refractivity contribution in [3.63, 3.8) is 0 Å². The summed E-state index contributed by atoms with van der Waals surface area (Å²) in [5, 5.41) is 9.29. The number of nitrogens with one attached hydrogen (secondary N) is 1. The van der Waals surface area contributed by atoms with Crippen molar-refractivity contribution in [2.45, 2.75) is 24.8 Å². The minimum absolute atomic E-state index is 0.151. The molecule has 2 N–H and O–H groups in total. The van der Waals surface area contributed by atoms with E-state index in [4.69, 9.17) is 12.2 Å². The molecule has 86 valence electrons. The second-order valence-electron chi connectivity index (χ2n) is 4.21. The second kappa shape index (κ2) is 4.33. The quantitative estimate of drug-likeness (QED) is 0.626. The van der Waals surface area contributed by atoms with Crippen LogP contribution in [0.4, 0.5) is 5.69 Å². The fourth-order valence-electron chi connectivity index (χ4n) is 1.80. The number of para-hydroxylation sites is 1. The molecule has 1 aliphatic heterocycles. The fourth-order valence-corrected chi connectivity index (χ4v) is 3.69. The molecule has 0 aromatic heterocycles. The van der Waals surface area contributed by atoms with Crippen LogP contribution in [0.25, 0.3) is 0 Å². The van der Waals surface area contributed by atoms with Gasteiger partial charge in [-0.15, -0.1) is 0 Å². The number of thioether (sulfide) groups is 1. The van der Waals surface area contributed by atoms with E-state index in [2.05, 4.69) is 19.3 Å². The van der Waals surface area contributed by atoms with Gasteiger partial charge in [0.15, 0.2) is 0 Å². The van der Waals surface area contributed by atoms with Crippen molar-refractivity contribution in [2.75, 3.05) is 4.90 Å². The first kappa shape index (κ1) is 11.9. The largest absolute Gasteiger partial charge is 0.315 e. The van der Waals surface area contributed by atoms with Crippen LogP contribution < -0.4 is 10.4 Å². The number of benzene rings is 1. The third-order valence-corrected chi connectivity index (χ3v) is 4.19. The zero-order valence-electron chi connectivity index (χ0n) is 9.18. The average molecular weight is 254 g/mol. The highest BCUT2D eigenvalue weighted by Crippen LogP contribution is 2.42. The molecule has 1 heterocycles. The standard InChI is InChI=1S/C11H14N2OS2/c1-11(2)9(12-14)13(10(15)16-11)8-6-4-3-5-7-8/h3-7,9,12,14H,1-2H3/t9-/m1/s1. The zero-order chi connectivity index (χ0) is 11.8. The Morgan fingerprint density at radius 1 is 1.38 bits per heavy atom. The molecule has 0 bridgehead atoms. The Balaban J connectivity index is 2.37. The van der Waals surface area contributed by atoms with Crippen LogP contribution in [-0.4, -0.2) is 20.4 Å². The maximum atomic E-state index is 9.29. The molecular weight excluding hydrogens is 240 g/mol. The van der Waals surface area contributed by atoms with E-state index < -0.39 is 0 Å². The first-order valence-electron chi connectivity index (χ1n) is 5.03. The van der Waals surface area contributed by atoms with E-state index in [0.717, 1.165) is 10.0 Å². The monoisotopic (exact) mass is 254 g/mol. The highest BCUT2D eigenvalue weighted by atomic mass is 32.2. The highest BCUT2D eigenvalue weighted by molar-refractivity contribution is 8.24. The number of hydrogen-bond acceptors (Lipinski definition) is 4. The van der Waals surface area contributed by atoms with Gasteiger partial charge in [0.05, 0.1) is 4.75 Å². The lowest BCUT2D eigenvalue weighted by molar-refractivity contribution is 0.118. The van der Waals surface area contributed by atoms with Crippen LogP contribution in [0.3, 0.4) is 0 Å². The van der Waals surface area contributed by atoms with Gasteiger partial charge in [-0.05, 0) is 26.0 Å². The molecule has 5 heteroatoms. The van der Waals surface area contributed by atoms with Crippen LogP contribution in [-0.2, 0) is 0 Å². The van der Waals surface area contributed by atoms with Crippen molar-refractivity contribution in [1.82, 2.24) is 5.48 Å². The van der Waals surface area contributed by atoms with Gasteiger partial charge in [-0.25, -0.2) is 0 Å². The molecular formula is C11H14N2OS2. The topological polar surface area (TPSA) is 35.5 Å². The molecule has 0 unspecified atom stereocenters. The lowest BCUT2D eigenvalue weighted by Crippen LogP contribution is -2.50. The van der Waals surface area contributed by atoms with Gasteiger partial charge < -0.3 is 10.1 Å². The van der Waals surface area contributed by atoms with E-state index >= 15 is 0 Å². The van der Waals surface area contributed by atoms with E-state index in [1.807, 2.05) is 35.2 Å². The summed E-state index contributed by atoms with van der Waals surface area (Å²) in [4.78, 5) is 1.94. The molecule has 1 aromatic rings. The van der Waals surface area contributed by atoms with Crippen molar-refractivity contribution >= 4 is 34.0 Å². The fraction of sp³-hybridized carbons (Fsp3) is 0.364. The average Bonchev–Trinajstić information content (AvgIpc) is 2.48. The number of thiocarbonyl (C=S) groups is 1. The molecule has 0 radical (unpaired) electrons. The summed E-state index contributed by atoms with van der Waals surface area (Å²) in [5.74, 6) is 0. The van der Waals surface area contributed by atoms with E-state index in [1.54, 1.807) is 11.8 Å². The van der Waals surface area contributed by atoms with Gasteiger partial charge in [0.1, 0.15) is 10.5 Å². The van der Waals surface area contributed by atoms with Crippen molar-refractivity contribution in [1.29, 1.82) is 0 Å². The number of anilines is 1. The summed E-state index contributed by atoms with van der Waals surface area (Å²) in [6, 6.07) is 9.85. The van der Waals surface area contributed by atoms with Gasteiger partial charge in [-0.3, -0.25) is 0 Å². The molecule has 2 rings (SSSR count). The van der Waals surface area contributed by atoms with Crippen molar-refractivity contribution < 1.29 is 5.21 Å². The van der Waals surface area contributed by atoms with Crippen molar-refractivity contribution in [2.24, 2.45) is 0 Å². The van der Waals surface area contributed by atoms with Crippen LogP contribution >= 0.6 is 24.0 Å². The van der Waals surface area contributed by atoms with E-state index in [-0.39, 0.29) is 10.9 Å². The maximum absolute atomic E-state index is 9.29. The van der Waals surface area contributed by atoms with E-state index in [1.165, 1.54) is 0 Å². The molecule has 0 spiro atoms. The van der Waals surface area contributed by atoms with Crippen LogP contribution in [0.1, 0.15) is 13.8 Å². The Labute approximate surface area is 105 Å².